The van der Waals surface area contributed by atoms with Crippen LogP contribution >= 0.6 is 24.4 Å². The van der Waals surface area contributed by atoms with Crippen molar-refractivity contribution in [2.75, 3.05) is 24.9 Å². The molecule has 2 N–H and O–H groups in total. The van der Waals surface area contributed by atoms with Crippen LogP contribution in [0.25, 0.3) is 0 Å². The van der Waals surface area contributed by atoms with Crippen molar-refractivity contribution >= 4 is 45.8 Å². The Labute approximate surface area is 146 Å². The van der Waals surface area contributed by atoms with E-state index < -0.39 is 0 Å². The summed E-state index contributed by atoms with van der Waals surface area (Å²) in [5, 5.41) is 6.31. The Balaban J connectivity index is 1.96. The minimum absolute atomic E-state index is 0.431. The minimum atomic E-state index is 0.431. The molecule has 2 aromatic carbocycles. The van der Waals surface area contributed by atoms with Gasteiger partial charge in [0.15, 0.2) is 0 Å². The first kappa shape index (κ1) is 17.2. The van der Waals surface area contributed by atoms with Crippen molar-refractivity contribution in [2.24, 2.45) is 0 Å². The molecule has 0 aliphatic rings. The first-order valence-electron chi connectivity index (χ1n) is 6.99. The Kier molecular flexibility index (Phi) is 6.31. The molecular weight excluding hydrogens is 328 g/mol. The summed E-state index contributed by atoms with van der Waals surface area (Å²) in [4.78, 5) is 1.23. The van der Waals surface area contributed by atoms with Crippen LogP contribution in [0.3, 0.4) is 0 Å². The molecule has 0 aliphatic heterocycles. The molecular formula is C17H18N2O2S2. The van der Waals surface area contributed by atoms with Gasteiger partial charge in [0.25, 0.3) is 0 Å². The van der Waals surface area contributed by atoms with Crippen molar-refractivity contribution in [2.45, 2.75) is 6.42 Å². The molecule has 0 fully saturated rings. The van der Waals surface area contributed by atoms with E-state index in [1.165, 1.54) is 0 Å². The fraction of sp³-hybridized carbons (Fsp3) is 0.176. The van der Waals surface area contributed by atoms with E-state index in [-0.39, 0.29) is 0 Å². The number of anilines is 2. The molecule has 0 aromatic heterocycles. The van der Waals surface area contributed by atoms with Gasteiger partial charge in [0.2, 0.25) is 0 Å². The number of para-hydroxylation sites is 4. The highest BCUT2D eigenvalue weighted by atomic mass is 32.1. The second kappa shape index (κ2) is 8.45. The van der Waals surface area contributed by atoms with Crippen molar-refractivity contribution in [1.29, 1.82) is 0 Å². The lowest BCUT2D eigenvalue weighted by Gasteiger charge is -2.14. The first-order chi connectivity index (χ1) is 11.1. The predicted octanol–water partition coefficient (Wildman–Crippen LogP) is 4.27. The number of hydrogen-bond acceptors (Lipinski definition) is 4. The van der Waals surface area contributed by atoms with Gasteiger partial charge in [0, 0.05) is 6.42 Å². The van der Waals surface area contributed by atoms with Crippen LogP contribution in [-0.2, 0) is 0 Å². The molecule has 0 saturated carbocycles. The summed E-state index contributed by atoms with van der Waals surface area (Å²) in [6.07, 6.45) is 0.431. The monoisotopic (exact) mass is 346 g/mol. The second-order valence-corrected chi connectivity index (χ2v) is 5.66. The second-order valence-electron chi connectivity index (χ2n) is 4.67. The molecule has 0 unspecified atom stereocenters. The lowest BCUT2D eigenvalue weighted by Crippen LogP contribution is -2.19. The third-order valence-electron chi connectivity index (χ3n) is 3.08. The van der Waals surface area contributed by atoms with Crippen molar-refractivity contribution in [3.63, 3.8) is 0 Å². The van der Waals surface area contributed by atoms with Gasteiger partial charge in [-0.05, 0) is 24.3 Å². The summed E-state index contributed by atoms with van der Waals surface area (Å²) >= 11 is 10.7. The van der Waals surface area contributed by atoms with Gasteiger partial charge >= 0.3 is 0 Å². The van der Waals surface area contributed by atoms with E-state index in [9.17, 15) is 0 Å². The maximum atomic E-state index is 5.37. The lowest BCUT2D eigenvalue weighted by molar-refractivity contribution is 0.417. The summed E-state index contributed by atoms with van der Waals surface area (Å²) in [5.74, 6) is 1.47. The summed E-state index contributed by atoms with van der Waals surface area (Å²) in [6, 6.07) is 15.2. The van der Waals surface area contributed by atoms with Crippen molar-refractivity contribution in [3.8, 4) is 11.5 Å². The summed E-state index contributed by atoms with van der Waals surface area (Å²) in [7, 11) is 3.24. The van der Waals surface area contributed by atoms with Crippen LogP contribution in [0.1, 0.15) is 6.42 Å². The number of thiocarbonyl (C=S) groups is 2. The summed E-state index contributed by atoms with van der Waals surface area (Å²) in [5.41, 5.74) is 1.64. The maximum Gasteiger partial charge on any atom is 0.142 e. The Hall–Kier alpha value is -2.18. The molecule has 2 rings (SSSR count). The number of hydrogen-bond donors (Lipinski definition) is 2. The Morgan fingerprint density at radius 3 is 1.57 bits per heavy atom. The van der Waals surface area contributed by atoms with E-state index >= 15 is 0 Å². The highest BCUT2D eigenvalue weighted by molar-refractivity contribution is 7.82. The van der Waals surface area contributed by atoms with Crippen LogP contribution in [-0.4, -0.2) is 24.2 Å². The van der Waals surface area contributed by atoms with Crippen molar-refractivity contribution in [3.05, 3.63) is 48.5 Å². The van der Waals surface area contributed by atoms with Crippen LogP contribution in [0.4, 0.5) is 11.4 Å². The van der Waals surface area contributed by atoms with Gasteiger partial charge in [-0.15, -0.1) is 0 Å². The zero-order chi connectivity index (χ0) is 16.7. The average molecular weight is 346 g/mol. The Morgan fingerprint density at radius 1 is 0.783 bits per heavy atom. The molecule has 0 spiro atoms. The van der Waals surface area contributed by atoms with Gasteiger partial charge in [0.05, 0.1) is 35.6 Å². The molecule has 2 aromatic rings. The standard InChI is InChI=1S/C17H18N2O2S2/c1-20-14-9-5-3-7-12(14)18-16(22)11-17(23)19-13-8-4-6-10-15(13)21-2/h3-10H,11H2,1-2H3,(H,18,22)(H,19,23). The van der Waals surface area contributed by atoms with Gasteiger partial charge < -0.3 is 20.1 Å². The highest BCUT2D eigenvalue weighted by Crippen LogP contribution is 2.25. The zero-order valence-electron chi connectivity index (χ0n) is 13.0. The number of nitrogens with one attached hydrogen (secondary N) is 2. The number of methoxy groups -OCH3 is 2. The molecule has 0 atom stereocenters. The number of rotatable bonds is 6. The molecule has 0 radical (unpaired) electrons. The predicted molar refractivity (Wildman–Crippen MR) is 103 cm³/mol. The molecule has 4 nitrogen and oxygen atoms in total. The molecule has 0 heterocycles. The van der Waals surface area contributed by atoms with Crippen LogP contribution in [0.5, 0.6) is 11.5 Å². The van der Waals surface area contributed by atoms with Gasteiger partial charge in [-0.3, -0.25) is 0 Å². The van der Waals surface area contributed by atoms with E-state index in [0.29, 0.717) is 16.4 Å². The molecule has 0 bridgehead atoms. The van der Waals surface area contributed by atoms with E-state index in [1.54, 1.807) is 14.2 Å². The van der Waals surface area contributed by atoms with Gasteiger partial charge in [0.1, 0.15) is 11.5 Å². The fourth-order valence-corrected chi connectivity index (χ4v) is 2.63. The number of ether oxygens (including phenoxy) is 2. The molecule has 6 heteroatoms. The van der Waals surface area contributed by atoms with Gasteiger partial charge in [-0.1, -0.05) is 48.7 Å². The van der Waals surface area contributed by atoms with Crippen LogP contribution in [0, 0.1) is 0 Å². The molecule has 0 amide bonds. The first-order valence-corrected chi connectivity index (χ1v) is 7.81. The normalized spacial score (nSPS) is 9.83. The topological polar surface area (TPSA) is 42.5 Å². The third kappa shape index (κ3) is 4.91. The van der Waals surface area contributed by atoms with E-state index in [0.717, 1.165) is 22.9 Å². The lowest BCUT2D eigenvalue weighted by atomic mass is 10.2. The van der Waals surface area contributed by atoms with E-state index in [4.69, 9.17) is 33.9 Å². The van der Waals surface area contributed by atoms with Crippen LogP contribution in [0.2, 0.25) is 0 Å². The Morgan fingerprint density at radius 2 is 1.17 bits per heavy atom. The van der Waals surface area contributed by atoms with Gasteiger partial charge in [-0.2, -0.15) is 0 Å². The smallest absolute Gasteiger partial charge is 0.142 e. The van der Waals surface area contributed by atoms with Crippen molar-refractivity contribution < 1.29 is 9.47 Å². The third-order valence-corrected chi connectivity index (χ3v) is 3.58. The molecule has 120 valence electrons. The maximum absolute atomic E-state index is 5.37. The quantitative estimate of drug-likeness (QED) is 0.761. The van der Waals surface area contributed by atoms with Gasteiger partial charge in [-0.25, -0.2) is 0 Å². The van der Waals surface area contributed by atoms with Crippen molar-refractivity contribution in [1.82, 2.24) is 0 Å². The van der Waals surface area contributed by atoms with Crippen LogP contribution in [0.15, 0.2) is 48.5 Å². The van der Waals surface area contributed by atoms with E-state index in [2.05, 4.69) is 10.6 Å². The largest absolute Gasteiger partial charge is 0.495 e. The van der Waals surface area contributed by atoms with E-state index in [1.807, 2.05) is 48.5 Å². The Bertz CT molecular complexity index is 645. The SMILES string of the molecule is COc1ccccc1NC(=S)CC(=S)Nc1ccccc1OC. The summed E-state index contributed by atoms with van der Waals surface area (Å²) in [6.45, 7) is 0. The number of benzene rings is 2. The van der Waals surface area contributed by atoms with Crippen LogP contribution < -0.4 is 20.1 Å². The molecule has 23 heavy (non-hydrogen) atoms. The average Bonchev–Trinajstić information content (AvgIpc) is 2.55. The zero-order valence-corrected chi connectivity index (χ0v) is 14.6. The molecule has 0 aliphatic carbocycles. The summed E-state index contributed by atoms with van der Waals surface area (Å²) < 4.78 is 10.6. The minimum Gasteiger partial charge on any atom is -0.495 e. The fourth-order valence-electron chi connectivity index (χ4n) is 2.03. The highest BCUT2D eigenvalue weighted by Gasteiger charge is 2.08. The molecule has 0 saturated heterocycles.